The summed E-state index contributed by atoms with van der Waals surface area (Å²) in [6, 6.07) is 5.21. The van der Waals surface area contributed by atoms with E-state index in [4.69, 9.17) is 9.15 Å². The zero-order chi connectivity index (χ0) is 18.4. The van der Waals surface area contributed by atoms with Gasteiger partial charge in [-0.05, 0) is 31.0 Å². The third kappa shape index (κ3) is 5.06. The molecule has 6 heteroatoms. The molecule has 1 aromatic heterocycles. The molecule has 0 saturated heterocycles. The molecule has 0 bridgehead atoms. The van der Waals surface area contributed by atoms with Crippen LogP contribution in [0.3, 0.4) is 0 Å². The second-order valence-corrected chi connectivity index (χ2v) is 6.46. The molecule has 0 radical (unpaired) electrons. The van der Waals surface area contributed by atoms with Gasteiger partial charge in [-0.25, -0.2) is 4.79 Å². The molecule has 2 N–H and O–H groups in total. The molecule has 0 saturated carbocycles. The van der Waals surface area contributed by atoms with Gasteiger partial charge in [0.15, 0.2) is 6.61 Å². The Balaban J connectivity index is 2.03. The molecule has 0 spiro atoms. The monoisotopic (exact) mass is 347 g/mol. The van der Waals surface area contributed by atoms with E-state index in [1.165, 1.54) is 11.0 Å². The van der Waals surface area contributed by atoms with Gasteiger partial charge in [-0.2, -0.15) is 0 Å². The lowest BCUT2D eigenvalue weighted by atomic mass is 10.0. The largest absolute Gasteiger partial charge is 0.483 e. The van der Waals surface area contributed by atoms with E-state index in [0.717, 1.165) is 35.9 Å². The first-order valence-corrected chi connectivity index (χ1v) is 8.67. The van der Waals surface area contributed by atoms with Crippen molar-refractivity contribution in [3.05, 3.63) is 39.7 Å². The minimum Gasteiger partial charge on any atom is -0.483 e. The zero-order valence-corrected chi connectivity index (χ0v) is 15.4. The lowest BCUT2D eigenvalue weighted by molar-refractivity contribution is -0.858. The summed E-state index contributed by atoms with van der Waals surface area (Å²) in [5, 5.41) is 3.75. The normalized spacial score (nSPS) is 11.1. The number of carbonyl (C=O) groups excluding carboxylic acids is 1. The zero-order valence-electron chi connectivity index (χ0n) is 15.4. The van der Waals surface area contributed by atoms with E-state index in [0.29, 0.717) is 17.9 Å². The third-order valence-corrected chi connectivity index (χ3v) is 4.11. The highest BCUT2D eigenvalue weighted by Crippen LogP contribution is 2.28. The van der Waals surface area contributed by atoms with Gasteiger partial charge >= 0.3 is 5.63 Å². The van der Waals surface area contributed by atoms with E-state index in [1.54, 1.807) is 0 Å². The highest BCUT2D eigenvalue weighted by molar-refractivity contribution is 5.85. The highest BCUT2D eigenvalue weighted by Gasteiger charge is 2.12. The van der Waals surface area contributed by atoms with Crippen LogP contribution in [-0.4, -0.2) is 39.7 Å². The average Bonchev–Trinajstić information content (AvgIpc) is 2.57. The Hall–Kier alpha value is -2.34. The number of rotatable bonds is 8. The van der Waals surface area contributed by atoms with Crippen molar-refractivity contribution < 1.29 is 18.8 Å². The Morgan fingerprint density at radius 2 is 2.08 bits per heavy atom. The fourth-order valence-electron chi connectivity index (χ4n) is 2.72. The van der Waals surface area contributed by atoms with Crippen LogP contribution < -0.4 is 20.6 Å². The fraction of sp³-hybridized carbons (Fsp3) is 0.474. The van der Waals surface area contributed by atoms with Crippen LogP contribution >= 0.6 is 0 Å². The smallest absolute Gasteiger partial charge is 0.336 e. The number of fused-ring (bicyclic) bond motifs is 1. The van der Waals surface area contributed by atoms with Crippen molar-refractivity contribution in [1.29, 1.82) is 0 Å². The number of benzene rings is 1. The molecular weight excluding hydrogens is 320 g/mol. The Morgan fingerprint density at radius 1 is 1.32 bits per heavy atom. The predicted molar refractivity (Wildman–Crippen MR) is 97.4 cm³/mol. The highest BCUT2D eigenvalue weighted by atomic mass is 16.5. The molecular formula is C19H27N2O4+. The summed E-state index contributed by atoms with van der Waals surface area (Å²) in [4.78, 5) is 24.9. The van der Waals surface area contributed by atoms with Crippen molar-refractivity contribution in [1.82, 2.24) is 5.32 Å². The maximum absolute atomic E-state index is 11.9. The lowest BCUT2D eigenvalue weighted by Gasteiger charge is -2.12. The van der Waals surface area contributed by atoms with E-state index in [1.807, 2.05) is 26.0 Å². The number of hydrogen-bond acceptors (Lipinski definition) is 4. The first kappa shape index (κ1) is 19.0. The average molecular weight is 347 g/mol. The number of amides is 1. The number of quaternary nitrogens is 1. The Morgan fingerprint density at radius 3 is 2.76 bits per heavy atom. The van der Waals surface area contributed by atoms with Gasteiger partial charge in [0.2, 0.25) is 0 Å². The summed E-state index contributed by atoms with van der Waals surface area (Å²) >= 11 is 0. The molecule has 0 unspecified atom stereocenters. The van der Waals surface area contributed by atoms with Gasteiger partial charge in [0.1, 0.15) is 11.3 Å². The molecule has 0 aliphatic carbocycles. The Labute approximate surface area is 147 Å². The maximum atomic E-state index is 11.9. The van der Waals surface area contributed by atoms with Crippen LogP contribution in [0.15, 0.2) is 27.4 Å². The fourth-order valence-corrected chi connectivity index (χ4v) is 2.72. The second kappa shape index (κ2) is 8.67. The van der Waals surface area contributed by atoms with Crippen molar-refractivity contribution in [3.8, 4) is 5.75 Å². The molecule has 6 nitrogen and oxygen atoms in total. The first-order valence-electron chi connectivity index (χ1n) is 8.67. The standard InChI is InChI=1S/C19H26N2O4/c1-5-14-11-18(23)25-19-13(2)16(8-7-15(14)19)24-12-17(22)20-9-6-10-21(3)4/h7-8,11H,5-6,9-10,12H2,1-4H3,(H,20,22)/p+1. The van der Waals surface area contributed by atoms with Gasteiger partial charge in [-0.3, -0.25) is 4.79 Å². The van der Waals surface area contributed by atoms with E-state index in [9.17, 15) is 9.59 Å². The van der Waals surface area contributed by atoms with E-state index >= 15 is 0 Å². The van der Waals surface area contributed by atoms with Crippen LogP contribution in [0.4, 0.5) is 0 Å². The summed E-state index contributed by atoms with van der Waals surface area (Å²) < 4.78 is 11.0. The SMILES string of the molecule is CCc1cc(=O)oc2c(C)c(OCC(=O)NCCC[NH+](C)C)ccc12. The maximum Gasteiger partial charge on any atom is 0.336 e. The van der Waals surface area contributed by atoms with E-state index in [-0.39, 0.29) is 18.1 Å². The Bertz CT molecular complexity index is 796. The lowest BCUT2D eigenvalue weighted by Crippen LogP contribution is -3.05. The molecule has 0 atom stereocenters. The molecule has 0 aliphatic rings. The summed E-state index contributed by atoms with van der Waals surface area (Å²) in [6.45, 7) is 5.41. The minimum absolute atomic E-state index is 0.0567. The van der Waals surface area contributed by atoms with Crippen molar-refractivity contribution in [2.45, 2.75) is 26.7 Å². The second-order valence-electron chi connectivity index (χ2n) is 6.46. The Kier molecular flexibility index (Phi) is 6.58. The summed E-state index contributed by atoms with van der Waals surface area (Å²) in [7, 11) is 4.16. The van der Waals surface area contributed by atoms with Crippen molar-refractivity contribution in [2.24, 2.45) is 0 Å². The van der Waals surface area contributed by atoms with Crippen LogP contribution in [0.2, 0.25) is 0 Å². The molecule has 0 fully saturated rings. The van der Waals surface area contributed by atoms with E-state index in [2.05, 4.69) is 19.4 Å². The van der Waals surface area contributed by atoms with Crippen LogP contribution in [0.5, 0.6) is 5.75 Å². The van der Waals surface area contributed by atoms with Gasteiger partial charge in [0, 0.05) is 30.0 Å². The van der Waals surface area contributed by atoms with Crippen LogP contribution in [0.25, 0.3) is 11.0 Å². The minimum atomic E-state index is -0.370. The van der Waals surface area contributed by atoms with Gasteiger partial charge in [0.25, 0.3) is 5.91 Å². The predicted octanol–water partition coefficient (Wildman–Crippen LogP) is 0.693. The number of nitrogens with one attached hydrogen (secondary N) is 2. The van der Waals surface area contributed by atoms with Gasteiger partial charge in [-0.1, -0.05) is 6.92 Å². The van der Waals surface area contributed by atoms with Gasteiger partial charge < -0.3 is 19.4 Å². The number of hydrogen-bond donors (Lipinski definition) is 2. The molecule has 1 amide bonds. The summed E-state index contributed by atoms with van der Waals surface area (Å²) in [5.41, 5.74) is 1.83. The summed E-state index contributed by atoms with van der Waals surface area (Å²) in [6.07, 6.45) is 1.67. The topological polar surface area (TPSA) is 73.0 Å². The quantitative estimate of drug-likeness (QED) is 0.544. The van der Waals surface area contributed by atoms with Crippen LogP contribution in [-0.2, 0) is 11.2 Å². The third-order valence-electron chi connectivity index (χ3n) is 4.11. The molecule has 0 aliphatic heterocycles. The molecule has 2 aromatic rings. The molecule has 136 valence electrons. The molecule has 1 aromatic carbocycles. The molecule has 25 heavy (non-hydrogen) atoms. The first-order chi connectivity index (χ1) is 11.9. The van der Waals surface area contributed by atoms with E-state index < -0.39 is 0 Å². The number of carbonyl (C=O) groups is 1. The van der Waals surface area contributed by atoms with Crippen molar-refractivity contribution in [2.75, 3.05) is 33.8 Å². The van der Waals surface area contributed by atoms with Crippen LogP contribution in [0.1, 0.15) is 24.5 Å². The van der Waals surface area contributed by atoms with Crippen molar-refractivity contribution in [3.63, 3.8) is 0 Å². The number of ether oxygens (including phenoxy) is 1. The molecule has 2 rings (SSSR count). The van der Waals surface area contributed by atoms with Gasteiger partial charge in [0.05, 0.1) is 20.6 Å². The number of aryl methyl sites for hydroxylation is 2. The molecule has 1 heterocycles. The summed E-state index contributed by atoms with van der Waals surface area (Å²) in [5.74, 6) is 0.397. The van der Waals surface area contributed by atoms with Crippen molar-refractivity contribution >= 4 is 16.9 Å². The van der Waals surface area contributed by atoms with Gasteiger partial charge in [-0.15, -0.1) is 0 Å². The van der Waals surface area contributed by atoms with Crippen LogP contribution in [0, 0.1) is 6.92 Å².